The van der Waals surface area contributed by atoms with E-state index in [0.29, 0.717) is 15.7 Å². The Morgan fingerprint density at radius 2 is 2.00 bits per heavy atom. The molecule has 0 fully saturated rings. The van der Waals surface area contributed by atoms with Gasteiger partial charge in [0.25, 0.3) is 5.91 Å². The zero-order valence-electron chi connectivity index (χ0n) is 11.1. The highest BCUT2D eigenvalue weighted by atomic mass is 35.5. The smallest absolute Gasteiger partial charge is 0.257 e. The van der Waals surface area contributed by atoms with Crippen LogP contribution in [0.4, 0.5) is 5.13 Å². The van der Waals surface area contributed by atoms with Gasteiger partial charge in [0.1, 0.15) is 0 Å². The van der Waals surface area contributed by atoms with Crippen LogP contribution in [0.2, 0.25) is 5.02 Å². The maximum absolute atomic E-state index is 12.2. The number of para-hydroxylation sites is 1. The van der Waals surface area contributed by atoms with Crippen LogP contribution < -0.4 is 5.32 Å². The van der Waals surface area contributed by atoms with Gasteiger partial charge in [0.15, 0.2) is 5.13 Å². The Morgan fingerprint density at radius 3 is 2.71 bits per heavy atom. The molecule has 3 nitrogen and oxygen atoms in total. The van der Waals surface area contributed by atoms with Gasteiger partial charge in [0, 0.05) is 15.5 Å². The molecule has 6 heteroatoms. The van der Waals surface area contributed by atoms with Crippen LogP contribution in [0.5, 0.6) is 0 Å². The lowest BCUT2D eigenvalue weighted by Gasteiger charge is -2.01. The molecule has 1 heterocycles. The molecule has 0 spiro atoms. The second-order valence-electron chi connectivity index (χ2n) is 4.29. The molecular weight excluding hydrogens is 324 g/mol. The Balaban J connectivity index is 1.88. The molecule has 0 aliphatic carbocycles. The average Bonchev–Trinajstić information content (AvgIpc) is 2.90. The van der Waals surface area contributed by atoms with E-state index < -0.39 is 0 Å². The lowest BCUT2D eigenvalue weighted by atomic mass is 10.2. The number of amides is 1. The largest absolute Gasteiger partial charge is 0.298 e. The number of benzene rings is 2. The summed E-state index contributed by atoms with van der Waals surface area (Å²) in [6.45, 7) is 0. The first-order chi connectivity index (χ1) is 10.2. The number of carbonyl (C=O) groups excluding carboxylic acids is 1. The van der Waals surface area contributed by atoms with Crippen molar-refractivity contribution < 1.29 is 4.79 Å². The molecule has 0 aliphatic rings. The molecule has 1 amide bonds. The Hall–Kier alpha value is -1.56. The molecular formula is C15H11ClN2OS2. The summed E-state index contributed by atoms with van der Waals surface area (Å²) in [7, 11) is 0. The summed E-state index contributed by atoms with van der Waals surface area (Å²) in [6.07, 6.45) is 2.01. The highest BCUT2D eigenvalue weighted by Gasteiger charge is 2.11. The van der Waals surface area contributed by atoms with Crippen LogP contribution in [0.25, 0.3) is 10.2 Å². The molecule has 0 aliphatic heterocycles. The summed E-state index contributed by atoms with van der Waals surface area (Å²) in [6, 6.07) is 12.8. The summed E-state index contributed by atoms with van der Waals surface area (Å²) in [5.74, 6) is -0.184. The molecule has 0 radical (unpaired) electrons. The van der Waals surface area contributed by atoms with E-state index in [-0.39, 0.29) is 5.91 Å². The number of fused-ring (bicyclic) bond motifs is 1. The van der Waals surface area contributed by atoms with Gasteiger partial charge < -0.3 is 0 Å². The van der Waals surface area contributed by atoms with Crippen molar-refractivity contribution in [2.75, 3.05) is 11.6 Å². The molecule has 0 saturated heterocycles. The SMILES string of the molecule is CSc1cccc2sc(NC(=O)c3ccc(Cl)cc3)nc12. The highest BCUT2D eigenvalue weighted by Crippen LogP contribution is 2.32. The van der Waals surface area contributed by atoms with Gasteiger partial charge in [0.2, 0.25) is 0 Å². The number of hydrogen-bond donors (Lipinski definition) is 1. The average molecular weight is 335 g/mol. The summed E-state index contributed by atoms with van der Waals surface area (Å²) < 4.78 is 1.06. The van der Waals surface area contributed by atoms with Crippen LogP contribution in [0.15, 0.2) is 47.4 Å². The number of nitrogens with one attached hydrogen (secondary N) is 1. The third-order valence-electron chi connectivity index (χ3n) is 2.93. The Labute approximate surface area is 135 Å². The standard InChI is InChI=1S/C15H11ClN2OS2/c1-20-11-3-2-4-12-13(11)17-15(21-12)18-14(19)9-5-7-10(16)8-6-9/h2-8H,1H3,(H,17,18,19). The normalized spacial score (nSPS) is 10.8. The minimum absolute atomic E-state index is 0.184. The van der Waals surface area contributed by atoms with Gasteiger partial charge in [-0.15, -0.1) is 11.8 Å². The maximum atomic E-state index is 12.2. The van der Waals surface area contributed by atoms with Gasteiger partial charge in [0.05, 0.1) is 10.2 Å². The Kier molecular flexibility index (Phi) is 4.14. The maximum Gasteiger partial charge on any atom is 0.257 e. The van der Waals surface area contributed by atoms with Crippen LogP contribution in [0.3, 0.4) is 0 Å². The van der Waals surface area contributed by atoms with Gasteiger partial charge in [-0.2, -0.15) is 0 Å². The number of hydrogen-bond acceptors (Lipinski definition) is 4. The zero-order valence-corrected chi connectivity index (χ0v) is 13.5. The van der Waals surface area contributed by atoms with Gasteiger partial charge >= 0.3 is 0 Å². The lowest BCUT2D eigenvalue weighted by Crippen LogP contribution is -2.11. The molecule has 0 unspecified atom stereocenters. The summed E-state index contributed by atoms with van der Waals surface area (Å²) in [5, 5.41) is 4.05. The molecule has 21 heavy (non-hydrogen) atoms. The van der Waals surface area contributed by atoms with E-state index in [2.05, 4.69) is 10.3 Å². The molecule has 0 atom stereocenters. The van der Waals surface area contributed by atoms with E-state index in [9.17, 15) is 4.79 Å². The summed E-state index contributed by atoms with van der Waals surface area (Å²) in [5.41, 5.74) is 1.49. The van der Waals surface area contributed by atoms with Crippen LogP contribution in [0, 0.1) is 0 Å². The zero-order chi connectivity index (χ0) is 14.8. The highest BCUT2D eigenvalue weighted by molar-refractivity contribution is 7.98. The fourth-order valence-electron chi connectivity index (χ4n) is 1.91. The molecule has 0 bridgehead atoms. The first kappa shape index (κ1) is 14.4. The molecule has 106 valence electrons. The van der Waals surface area contributed by atoms with Crippen LogP contribution >= 0.6 is 34.7 Å². The Bertz CT molecular complexity index is 799. The number of aromatic nitrogens is 1. The molecule has 1 N–H and O–H groups in total. The second-order valence-corrected chi connectivity index (χ2v) is 6.60. The first-order valence-corrected chi connectivity index (χ1v) is 8.60. The van der Waals surface area contributed by atoms with Crippen molar-refractivity contribution in [2.45, 2.75) is 4.90 Å². The number of rotatable bonds is 3. The number of nitrogens with zero attached hydrogens (tertiary/aromatic N) is 1. The first-order valence-electron chi connectivity index (χ1n) is 6.18. The van der Waals surface area contributed by atoms with E-state index in [1.165, 1.54) is 11.3 Å². The predicted octanol–water partition coefficient (Wildman–Crippen LogP) is 4.92. The van der Waals surface area contributed by atoms with E-state index in [1.807, 2.05) is 24.5 Å². The van der Waals surface area contributed by atoms with Crippen molar-refractivity contribution in [1.29, 1.82) is 0 Å². The number of thiazole rings is 1. The fraction of sp³-hybridized carbons (Fsp3) is 0.0667. The predicted molar refractivity (Wildman–Crippen MR) is 90.8 cm³/mol. The summed E-state index contributed by atoms with van der Waals surface area (Å²) in [4.78, 5) is 17.8. The van der Waals surface area contributed by atoms with Crippen molar-refractivity contribution in [3.05, 3.63) is 53.1 Å². The van der Waals surface area contributed by atoms with E-state index in [4.69, 9.17) is 11.6 Å². The second kappa shape index (κ2) is 6.05. The quantitative estimate of drug-likeness (QED) is 0.691. The minimum atomic E-state index is -0.184. The van der Waals surface area contributed by atoms with Crippen molar-refractivity contribution in [1.82, 2.24) is 4.98 Å². The number of carbonyl (C=O) groups is 1. The van der Waals surface area contributed by atoms with Gasteiger partial charge in [-0.05, 0) is 42.7 Å². The van der Waals surface area contributed by atoms with Crippen LogP contribution in [0.1, 0.15) is 10.4 Å². The van der Waals surface area contributed by atoms with E-state index in [0.717, 1.165) is 15.1 Å². The fourth-order valence-corrected chi connectivity index (χ4v) is 3.55. The minimum Gasteiger partial charge on any atom is -0.298 e. The number of thioether (sulfide) groups is 1. The molecule has 2 aromatic carbocycles. The summed E-state index contributed by atoms with van der Waals surface area (Å²) >= 11 is 8.93. The monoisotopic (exact) mass is 334 g/mol. The molecule has 0 saturated carbocycles. The van der Waals surface area contributed by atoms with Crippen molar-refractivity contribution in [3.63, 3.8) is 0 Å². The van der Waals surface area contributed by atoms with Crippen LogP contribution in [-0.4, -0.2) is 17.1 Å². The third-order valence-corrected chi connectivity index (χ3v) is 4.89. The van der Waals surface area contributed by atoms with E-state index >= 15 is 0 Å². The van der Waals surface area contributed by atoms with Crippen molar-refractivity contribution in [3.8, 4) is 0 Å². The molecule has 3 rings (SSSR count). The van der Waals surface area contributed by atoms with Gasteiger partial charge in [-0.25, -0.2) is 4.98 Å². The number of halogens is 1. The number of anilines is 1. The molecule has 3 aromatic rings. The van der Waals surface area contributed by atoms with Crippen molar-refractivity contribution in [2.24, 2.45) is 0 Å². The van der Waals surface area contributed by atoms with Gasteiger partial charge in [-0.1, -0.05) is 29.0 Å². The Morgan fingerprint density at radius 1 is 1.24 bits per heavy atom. The topological polar surface area (TPSA) is 42.0 Å². The lowest BCUT2D eigenvalue weighted by molar-refractivity contribution is 0.102. The van der Waals surface area contributed by atoms with Crippen molar-refractivity contribution >= 4 is 56.0 Å². The molecule has 1 aromatic heterocycles. The van der Waals surface area contributed by atoms with Gasteiger partial charge in [-0.3, -0.25) is 10.1 Å². The van der Waals surface area contributed by atoms with Crippen LogP contribution in [-0.2, 0) is 0 Å². The third kappa shape index (κ3) is 3.05. The van der Waals surface area contributed by atoms with E-state index in [1.54, 1.807) is 36.0 Å².